The second-order valence-electron chi connectivity index (χ2n) is 5.30. The number of nitrogens with one attached hydrogen (secondary N) is 1. The number of benzene rings is 1. The number of carbonyl (C=O) groups excluding carboxylic acids is 1. The van der Waals surface area contributed by atoms with Gasteiger partial charge in [0.1, 0.15) is 5.54 Å². The van der Waals surface area contributed by atoms with Gasteiger partial charge in [0, 0.05) is 0 Å². The van der Waals surface area contributed by atoms with Gasteiger partial charge in [0.05, 0.1) is 11.5 Å². The van der Waals surface area contributed by atoms with Crippen molar-refractivity contribution in [3.8, 4) is 6.07 Å². The summed E-state index contributed by atoms with van der Waals surface area (Å²) in [7, 11) is 0. The van der Waals surface area contributed by atoms with Crippen molar-refractivity contribution in [2.75, 3.05) is 0 Å². The first-order chi connectivity index (χ1) is 9.12. The standard InChI is InChI=1S/C16H20N2O/c1-3-15(4-2,12-17)18-14(19)16(10-11-16)13-8-6-5-7-9-13/h5-9H,3-4,10-11H2,1-2H3,(H,18,19). The van der Waals surface area contributed by atoms with E-state index in [1.54, 1.807) is 0 Å². The quantitative estimate of drug-likeness (QED) is 0.880. The summed E-state index contributed by atoms with van der Waals surface area (Å²) in [5, 5.41) is 12.3. The fourth-order valence-electron chi connectivity index (χ4n) is 2.48. The Labute approximate surface area is 114 Å². The van der Waals surface area contributed by atoms with Crippen LogP contribution in [0.15, 0.2) is 30.3 Å². The van der Waals surface area contributed by atoms with Crippen molar-refractivity contribution < 1.29 is 4.79 Å². The predicted molar refractivity (Wildman–Crippen MR) is 74.4 cm³/mol. The molecule has 0 unspecified atom stereocenters. The molecule has 0 radical (unpaired) electrons. The molecule has 1 aliphatic rings. The maximum Gasteiger partial charge on any atom is 0.231 e. The average Bonchev–Trinajstić information content (AvgIpc) is 3.27. The molecule has 1 amide bonds. The van der Waals surface area contributed by atoms with Crippen LogP contribution in [0.3, 0.4) is 0 Å². The number of amides is 1. The minimum Gasteiger partial charge on any atom is -0.337 e. The number of hydrogen-bond donors (Lipinski definition) is 1. The molecule has 0 atom stereocenters. The summed E-state index contributed by atoms with van der Waals surface area (Å²) in [5.41, 5.74) is -0.0543. The Morgan fingerprint density at radius 2 is 1.89 bits per heavy atom. The van der Waals surface area contributed by atoms with Gasteiger partial charge in [0.15, 0.2) is 0 Å². The summed E-state index contributed by atoms with van der Waals surface area (Å²) >= 11 is 0. The molecule has 19 heavy (non-hydrogen) atoms. The van der Waals surface area contributed by atoms with E-state index in [9.17, 15) is 10.1 Å². The van der Waals surface area contributed by atoms with E-state index in [1.165, 1.54) is 0 Å². The molecule has 1 fully saturated rings. The predicted octanol–water partition coefficient (Wildman–Crippen LogP) is 2.92. The Morgan fingerprint density at radius 3 is 2.32 bits per heavy atom. The van der Waals surface area contributed by atoms with Crippen LogP contribution in [0, 0.1) is 11.3 Å². The molecule has 3 nitrogen and oxygen atoms in total. The fourth-order valence-corrected chi connectivity index (χ4v) is 2.48. The van der Waals surface area contributed by atoms with Crippen LogP contribution in [0.25, 0.3) is 0 Å². The molecule has 1 aromatic carbocycles. The third kappa shape index (κ3) is 2.35. The summed E-state index contributed by atoms with van der Waals surface area (Å²) in [5.74, 6) is 0.00366. The average molecular weight is 256 g/mol. The fraction of sp³-hybridized carbons (Fsp3) is 0.500. The van der Waals surface area contributed by atoms with Crippen molar-refractivity contribution in [3.63, 3.8) is 0 Å². The third-order valence-corrected chi connectivity index (χ3v) is 4.28. The Morgan fingerprint density at radius 1 is 1.32 bits per heavy atom. The van der Waals surface area contributed by atoms with E-state index < -0.39 is 11.0 Å². The largest absolute Gasteiger partial charge is 0.337 e. The summed E-state index contributed by atoms with van der Waals surface area (Å²) in [6.07, 6.45) is 3.02. The van der Waals surface area contributed by atoms with Gasteiger partial charge >= 0.3 is 0 Å². The van der Waals surface area contributed by atoms with E-state index in [0.717, 1.165) is 18.4 Å². The monoisotopic (exact) mass is 256 g/mol. The molecule has 0 aliphatic heterocycles. The maximum absolute atomic E-state index is 12.6. The van der Waals surface area contributed by atoms with Crippen LogP contribution in [0.4, 0.5) is 0 Å². The van der Waals surface area contributed by atoms with E-state index in [0.29, 0.717) is 12.8 Å². The highest BCUT2D eigenvalue weighted by atomic mass is 16.2. The molecule has 0 spiro atoms. The molecule has 3 heteroatoms. The van der Waals surface area contributed by atoms with E-state index in [2.05, 4.69) is 11.4 Å². The van der Waals surface area contributed by atoms with Gasteiger partial charge in [-0.1, -0.05) is 44.2 Å². The van der Waals surface area contributed by atoms with Crippen LogP contribution in [0.1, 0.15) is 45.1 Å². The zero-order valence-corrected chi connectivity index (χ0v) is 11.6. The van der Waals surface area contributed by atoms with Gasteiger partial charge < -0.3 is 5.32 Å². The lowest BCUT2D eigenvalue weighted by Crippen LogP contribution is -2.50. The second kappa shape index (κ2) is 5.05. The summed E-state index contributed by atoms with van der Waals surface area (Å²) < 4.78 is 0. The van der Waals surface area contributed by atoms with Crippen molar-refractivity contribution in [2.45, 2.75) is 50.5 Å². The molecule has 0 aromatic heterocycles. The van der Waals surface area contributed by atoms with E-state index in [-0.39, 0.29) is 5.91 Å². The molecule has 1 N–H and O–H groups in total. The SMILES string of the molecule is CCC(C#N)(CC)NC(=O)C1(c2ccccc2)CC1. The maximum atomic E-state index is 12.6. The molecule has 1 aliphatic carbocycles. The molecule has 0 heterocycles. The van der Waals surface area contributed by atoms with Crippen molar-refractivity contribution in [1.29, 1.82) is 5.26 Å². The Balaban J connectivity index is 2.20. The normalized spacial score (nSPS) is 16.5. The molecule has 0 saturated heterocycles. The van der Waals surface area contributed by atoms with Crippen LogP contribution in [-0.4, -0.2) is 11.4 Å². The smallest absolute Gasteiger partial charge is 0.231 e. The minimum absolute atomic E-state index is 0.00366. The first kappa shape index (κ1) is 13.6. The number of carbonyl (C=O) groups is 1. The Bertz CT molecular complexity index is 493. The molecule has 0 bridgehead atoms. The summed E-state index contributed by atoms with van der Waals surface area (Å²) in [4.78, 5) is 12.6. The van der Waals surface area contributed by atoms with Gasteiger partial charge in [-0.15, -0.1) is 0 Å². The van der Waals surface area contributed by atoms with Gasteiger partial charge in [-0.3, -0.25) is 4.79 Å². The van der Waals surface area contributed by atoms with Crippen molar-refractivity contribution >= 4 is 5.91 Å². The zero-order valence-electron chi connectivity index (χ0n) is 11.6. The van der Waals surface area contributed by atoms with Crippen LogP contribution in [0.5, 0.6) is 0 Å². The molecular formula is C16H20N2O. The first-order valence-corrected chi connectivity index (χ1v) is 6.92. The molecular weight excluding hydrogens is 236 g/mol. The number of hydrogen-bond acceptors (Lipinski definition) is 2. The number of nitrogens with zero attached hydrogens (tertiary/aromatic N) is 1. The van der Waals surface area contributed by atoms with Crippen LogP contribution in [0.2, 0.25) is 0 Å². The summed E-state index contributed by atoms with van der Waals surface area (Å²) in [6, 6.07) is 12.1. The molecule has 100 valence electrons. The van der Waals surface area contributed by atoms with Crippen molar-refractivity contribution in [1.82, 2.24) is 5.32 Å². The van der Waals surface area contributed by atoms with Gasteiger partial charge in [0.2, 0.25) is 5.91 Å². The van der Waals surface area contributed by atoms with Gasteiger partial charge in [-0.05, 0) is 31.2 Å². The lowest BCUT2D eigenvalue weighted by atomic mass is 9.90. The van der Waals surface area contributed by atoms with E-state index >= 15 is 0 Å². The highest BCUT2D eigenvalue weighted by Gasteiger charge is 2.52. The molecule has 1 saturated carbocycles. The van der Waals surface area contributed by atoms with Crippen molar-refractivity contribution in [3.05, 3.63) is 35.9 Å². The Hall–Kier alpha value is -1.82. The topological polar surface area (TPSA) is 52.9 Å². The lowest BCUT2D eigenvalue weighted by molar-refractivity contribution is -0.125. The molecule has 1 aromatic rings. The van der Waals surface area contributed by atoms with Crippen LogP contribution < -0.4 is 5.32 Å². The first-order valence-electron chi connectivity index (χ1n) is 6.92. The van der Waals surface area contributed by atoms with Gasteiger partial charge in [-0.25, -0.2) is 0 Å². The van der Waals surface area contributed by atoms with Crippen molar-refractivity contribution in [2.24, 2.45) is 0 Å². The summed E-state index contributed by atoms with van der Waals surface area (Å²) in [6.45, 7) is 3.88. The minimum atomic E-state index is -0.721. The zero-order chi connectivity index (χ0) is 13.9. The molecule has 2 rings (SSSR count). The van der Waals surface area contributed by atoms with Gasteiger partial charge in [0.25, 0.3) is 0 Å². The highest BCUT2D eigenvalue weighted by Crippen LogP contribution is 2.48. The highest BCUT2D eigenvalue weighted by molar-refractivity contribution is 5.92. The third-order valence-electron chi connectivity index (χ3n) is 4.28. The van der Waals surface area contributed by atoms with Gasteiger partial charge in [-0.2, -0.15) is 5.26 Å². The van der Waals surface area contributed by atoms with E-state index in [1.807, 2.05) is 44.2 Å². The lowest BCUT2D eigenvalue weighted by Gasteiger charge is -2.28. The van der Waals surface area contributed by atoms with Crippen LogP contribution in [-0.2, 0) is 10.2 Å². The number of rotatable bonds is 5. The van der Waals surface area contributed by atoms with Crippen LogP contribution >= 0.6 is 0 Å². The Kier molecular flexibility index (Phi) is 3.61. The van der Waals surface area contributed by atoms with E-state index in [4.69, 9.17) is 0 Å². The second-order valence-corrected chi connectivity index (χ2v) is 5.30. The number of nitriles is 1.